The molecule has 0 unspecified atom stereocenters. The maximum Gasteiger partial charge on any atom is 0.507 e. The molecule has 1 aliphatic heterocycles. The van der Waals surface area contributed by atoms with Crippen molar-refractivity contribution in [1.82, 2.24) is 14.3 Å². The Morgan fingerprint density at radius 2 is 2.00 bits per heavy atom. The van der Waals surface area contributed by atoms with Crippen molar-refractivity contribution in [2.45, 2.75) is 52.8 Å². The Labute approximate surface area is 139 Å². The summed E-state index contributed by atoms with van der Waals surface area (Å²) in [5, 5.41) is 13.2. The normalized spacial score (nSPS) is 16.7. The number of benzene rings is 1. The molecular weight excluding hydrogens is 310 g/mol. The Hall–Kier alpha value is -2.57. The van der Waals surface area contributed by atoms with Crippen molar-refractivity contribution in [1.29, 1.82) is 0 Å². The molecule has 1 atom stereocenters. The summed E-state index contributed by atoms with van der Waals surface area (Å²) in [5.41, 5.74) is 4.19. The van der Waals surface area contributed by atoms with Gasteiger partial charge in [0.2, 0.25) is 0 Å². The van der Waals surface area contributed by atoms with E-state index in [1.807, 2.05) is 13.8 Å². The Balaban J connectivity index is 1.97. The number of hydrogen-bond donors (Lipinski definition) is 1. The number of carbonyl (C=O) groups is 1. The molecule has 7 nitrogen and oxygen atoms in total. The maximum absolute atomic E-state index is 12.7. The van der Waals surface area contributed by atoms with E-state index in [1.165, 1.54) is 20.4 Å². The van der Waals surface area contributed by atoms with Crippen LogP contribution in [0.4, 0.5) is 4.79 Å². The van der Waals surface area contributed by atoms with Crippen molar-refractivity contribution in [3.63, 3.8) is 0 Å². The summed E-state index contributed by atoms with van der Waals surface area (Å²) in [7, 11) is 0. The zero-order valence-electron chi connectivity index (χ0n) is 14.1. The molecule has 3 rings (SSSR count). The minimum Gasteiger partial charge on any atom is -0.450 e. The van der Waals surface area contributed by atoms with Crippen molar-refractivity contribution >= 4 is 6.16 Å². The molecule has 0 saturated carbocycles. The number of hydrogen-bond acceptors (Lipinski definition) is 4. The van der Waals surface area contributed by atoms with E-state index < -0.39 is 12.4 Å². The van der Waals surface area contributed by atoms with E-state index in [0.717, 1.165) is 17.5 Å². The van der Waals surface area contributed by atoms with Crippen molar-refractivity contribution < 1.29 is 14.6 Å². The highest BCUT2D eigenvalue weighted by molar-refractivity contribution is 5.56. The quantitative estimate of drug-likeness (QED) is 0.874. The van der Waals surface area contributed by atoms with Gasteiger partial charge in [-0.15, -0.1) is 0 Å². The molecule has 0 amide bonds. The molecule has 1 aromatic carbocycles. The van der Waals surface area contributed by atoms with Crippen LogP contribution in [0.15, 0.2) is 16.9 Å². The Bertz CT molecular complexity index is 850. The number of rotatable bonds is 3. The van der Waals surface area contributed by atoms with Crippen LogP contribution >= 0.6 is 0 Å². The summed E-state index contributed by atoms with van der Waals surface area (Å²) in [4.78, 5) is 23.5. The molecule has 0 bridgehead atoms. The predicted octanol–water partition coefficient (Wildman–Crippen LogP) is 2.55. The molecule has 2 heterocycles. The molecule has 0 spiro atoms. The zero-order valence-corrected chi connectivity index (χ0v) is 14.1. The van der Waals surface area contributed by atoms with Gasteiger partial charge < -0.3 is 9.84 Å². The molecule has 1 N–H and O–H groups in total. The van der Waals surface area contributed by atoms with Crippen molar-refractivity contribution in [3.8, 4) is 0 Å². The van der Waals surface area contributed by atoms with Crippen molar-refractivity contribution in [2.24, 2.45) is 0 Å². The Morgan fingerprint density at radius 3 is 2.71 bits per heavy atom. The molecular formula is C17H21N3O4. The van der Waals surface area contributed by atoms with Gasteiger partial charge in [-0.3, -0.25) is 0 Å². The summed E-state index contributed by atoms with van der Waals surface area (Å²) in [6.07, 6.45) is -0.274. The van der Waals surface area contributed by atoms with E-state index in [2.05, 4.69) is 24.2 Å². The fraction of sp³-hybridized carbons (Fsp3) is 0.471. The highest BCUT2D eigenvalue weighted by atomic mass is 16.7. The third-order valence-corrected chi connectivity index (χ3v) is 4.59. The second kappa shape index (κ2) is 6.14. The van der Waals surface area contributed by atoms with Gasteiger partial charge in [-0.25, -0.2) is 18.8 Å². The summed E-state index contributed by atoms with van der Waals surface area (Å²) in [6, 6.07) is 4.17. The zero-order chi connectivity index (χ0) is 17.4. The molecule has 128 valence electrons. The second-order valence-corrected chi connectivity index (χ2v) is 6.32. The molecule has 2 aromatic rings. The van der Waals surface area contributed by atoms with Gasteiger partial charge in [0, 0.05) is 12.8 Å². The van der Waals surface area contributed by atoms with E-state index in [-0.39, 0.29) is 5.69 Å². The number of ether oxygens (including phenoxy) is 1. The lowest BCUT2D eigenvalue weighted by molar-refractivity contribution is 0.00392. The van der Waals surface area contributed by atoms with Gasteiger partial charge in [0.15, 0.2) is 6.23 Å². The highest BCUT2D eigenvalue weighted by Crippen LogP contribution is 2.23. The van der Waals surface area contributed by atoms with Crippen LogP contribution in [-0.2, 0) is 17.7 Å². The third kappa shape index (κ3) is 2.93. The van der Waals surface area contributed by atoms with E-state index >= 15 is 0 Å². The molecule has 0 saturated heterocycles. The molecule has 1 aliphatic rings. The number of nitrogens with zero attached hydrogens (tertiary/aromatic N) is 3. The lowest BCUT2D eigenvalue weighted by atomic mass is 10.0. The summed E-state index contributed by atoms with van der Waals surface area (Å²) in [6.45, 7) is 6.47. The van der Waals surface area contributed by atoms with Gasteiger partial charge in [0.1, 0.15) is 5.82 Å². The minimum absolute atomic E-state index is 0.325. The van der Waals surface area contributed by atoms with Gasteiger partial charge in [-0.05, 0) is 49.4 Å². The number of aromatic nitrogens is 3. The van der Waals surface area contributed by atoms with Gasteiger partial charge in [-0.1, -0.05) is 12.1 Å². The number of fused-ring (bicyclic) bond motifs is 1. The van der Waals surface area contributed by atoms with E-state index in [9.17, 15) is 9.59 Å². The largest absolute Gasteiger partial charge is 0.507 e. The summed E-state index contributed by atoms with van der Waals surface area (Å²) < 4.78 is 7.61. The monoisotopic (exact) mass is 331 g/mol. The van der Waals surface area contributed by atoms with Crippen LogP contribution in [0.2, 0.25) is 0 Å². The Morgan fingerprint density at radius 1 is 1.29 bits per heavy atom. The van der Waals surface area contributed by atoms with Gasteiger partial charge >= 0.3 is 11.8 Å². The average Bonchev–Trinajstić information content (AvgIpc) is 2.82. The first-order valence-electron chi connectivity index (χ1n) is 8.01. The molecule has 0 aliphatic carbocycles. The smallest absolute Gasteiger partial charge is 0.450 e. The lowest BCUT2D eigenvalue weighted by Crippen LogP contribution is -2.33. The molecule has 7 heteroatoms. The first kappa shape index (κ1) is 16.3. The summed E-state index contributed by atoms with van der Waals surface area (Å²) in [5.74, 6) is 0.582. The summed E-state index contributed by atoms with van der Waals surface area (Å²) >= 11 is 0. The van der Waals surface area contributed by atoms with Gasteiger partial charge in [-0.2, -0.15) is 5.10 Å². The van der Waals surface area contributed by atoms with Crippen molar-refractivity contribution in [3.05, 3.63) is 50.7 Å². The molecule has 0 fully saturated rings. The topological polar surface area (TPSA) is 86.4 Å². The van der Waals surface area contributed by atoms with Crippen LogP contribution in [0.1, 0.15) is 47.1 Å². The first-order valence-corrected chi connectivity index (χ1v) is 8.01. The van der Waals surface area contributed by atoms with Crippen LogP contribution in [0.5, 0.6) is 0 Å². The van der Waals surface area contributed by atoms with Gasteiger partial charge in [0.25, 0.3) is 0 Å². The standard InChI is InChI=1S/C17H21N3O4/c1-10-7-12(3)13(8-11(10)2)9-19-16(21)20-14(18-19)5-4-6-15(20)24-17(22)23/h7-8,15H,4-6,9H2,1-3H3,(H,22,23)/t15-/m0/s1. The van der Waals surface area contributed by atoms with Crippen LogP contribution in [0.3, 0.4) is 0 Å². The number of aryl methyl sites for hydroxylation is 4. The fourth-order valence-corrected chi connectivity index (χ4v) is 3.17. The van der Waals surface area contributed by atoms with Crippen molar-refractivity contribution in [2.75, 3.05) is 0 Å². The Kier molecular flexibility index (Phi) is 4.17. The lowest BCUT2D eigenvalue weighted by Gasteiger charge is -2.21. The fourth-order valence-electron chi connectivity index (χ4n) is 3.17. The number of carboxylic acid groups (broad SMARTS) is 1. The van der Waals surface area contributed by atoms with E-state index in [1.54, 1.807) is 0 Å². The molecule has 24 heavy (non-hydrogen) atoms. The SMILES string of the molecule is Cc1cc(C)c(Cn2nc3n(c2=O)[C@@H](OC(=O)O)CCC3)cc1C. The van der Waals surface area contributed by atoms with Crippen LogP contribution in [0.25, 0.3) is 0 Å². The molecule has 1 aromatic heterocycles. The predicted molar refractivity (Wildman–Crippen MR) is 87.3 cm³/mol. The van der Waals surface area contributed by atoms with Crippen LogP contribution < -0.4 is 5.69 Å². The van der Waals surface area contributed by atoms with Gasteiger partial charge in [0.05, 0.1) is 6.54 Å². The van der Waals surface area contributed by atoms with E-state index in [4.69, 9.17) is 9.84 Å². The van der Waals surface area contributed by atoms with Crippen LogP contribution in [0, 0.1) is 20.8 Å². The molecule has 0 radical (unpaired) electrons. The minimum atomic E-state index is -1.38. The third-order valence-electron chi connectivity index (χ3n) is 4.59. The highest BCUT2D eigenvalue weighted by Gasteiger charge is 2.28. The average molecular weight is 331 g/mol. The second-order valence-electron chi connectivity index (χ2n) is 6.32. The first-order chi connectivity index (χ1) is 11.4. The van der Waals surface area contributed by atoms with Crippen LogP contribution in [-0.4, -0.2) is 25.6 Å². The van der Waals surface area contributed by atoms with E-state index in [0.29, 0.717) is 25.2 Å². The maximum atomic E-state index is 12.7.